The van der Waals surface area contributed by atoms with E-state index >= 15 is 0 Å². The number of rotatable bonds is 10. The summed E-state index contributed by atoms with van der Waals surface area (Å²) in [5.41, 5.74) is 7.49. The molecule has 0 aromatic heterocycles. The lowest BCUT2D eigenvalue weighted by Gasteiger charge is -2.27. The molecule has 2 N–H and O–H groups in total. The number of hydrogen-bond acceptors (Lipinski definition) is 4. The molecule has 0 spiro atoms. The Morgan fingerprint density at radius 1 is 1.14 bits per heavy atom. The molecule has 1 unspecified atom stereocenters. The summed E-state index contributed by atoms with van der Waals surface area (Å²) in [6.07, 6.45) is 0. The molecule has 21 heavy (non-hydrogen) atoms. The second-order valence-electron chi connectivity index (χ2n) is 5.75. The van der Waals surface area contributed by atoms with Crippen LogP contribution in [0.4, 0.5) is 0 Å². The zero-order valence-corrected chi connectivity index (χ0v) is 13.8. The Kier molecular flexibility index (Phi) is 8.35. The Balaban J connectivity index is 2.60. The van der Waals surface area contributed by atoms with E-state index < -0.39 is 0 Å². The van der Waals surface area contributed by atoms with Gasteiger partial charge in [-0.3, -0.25) is 4.90 Å². The Hall–Kier alpha value is -1.10. The molecule has 1 atom stereocenters. The fourth-order valence-electron chi connectivity index (χ4n) is 2.36. The van der Waals surface area contributed by atoms with E-state index in [2.05, 4.69) is 30.9 Å². The number of nitrogens with zero attached hydrogens (tertiary/aromatic N) is 1. The highest BCUT2D eigenvalue weighted by Crippen LogP contribution is 2.17. The van der Waals surface area contributed by atoms with Crippen LogP contribution in [0, 0.1) is 5.92 Å². The average molecular weight is 294 g/mol. The maximum atomic E-state index is 6.34. The van der Waals surface area contributed by atoms with Crippen LogP contribution >= 0.6 is 0 Å². The zero-order chi connectivity index (χ0) is 15.7. The molecule has 4 nitrogen and oxygen atoms in total. The lowest BCUT2D eigenvalue weighted by atomic mass is 10.1. The van der Waals surface area contributed by atoms with Gasteiger partial charge in [0.2, 0.25) is 0 Å². The van der Waals surface area contributed by atoms with Gasteiger partial charge >= 0.3 is 0 Å². The number of methoxy groups -OCH3 is 1. The van der Waals surface area contributed by atoms with Crippen LogP contribution in [0.5, 0.6) is 5.75 Å². The quantitative estimate of drug-likeness (QED) is 0.721. The molecule has 1 rings (SSSR count). The van der Waals surface area contributed by atoms with E-state index in [-0.39, 0.29) is 6.04 Å². The Labute approximate surface area is 129 Å². The first kappa shape index (κ1) is 18.0. The fourth-order valence-corrected chi connectivity index (χ4v) is 2.36. The summed E-state index contributed by atoms with van der Waals surface area (Å²) < 4.78 is 10.6. The highest BCUT2D eigenvalue weighted by molar-refractivity contribution is 5.29. The van der Waals surface area contributed by atoms with Crippen molar-refractivity contribution >= 4 is 0 Å². The highest BCUT2D eigenvalue weighted by Gasteiger charge is 2.13. The van der Waals surface area contributed by atoms with Crippen molar-refractivity contribution in [3.8, 4) is 5.75 Å². The highest BCUT2D eigenvalue weighted by atomic mass is 16.5. The molecule has 0 radical (unpaired) electrons. The van der Waals surface area contributed by atoms with Gasteiger partial charge in [-0.1, -0.05) is 26.0 Å². The van der Waals surface area contributed by atoms with Crippen molar-refractivity contribution in [2.75, 3.05) is 40.0 Å². The van der Waals surface area contributed by atoms with Crippen molar-refractivity contribution < 1.29 is 9.47 Å². The third kappa shape index (κ3) is 6.93. The van der Waals surface area contributed by atoms with Gasteiger partial charge in [0.05, 0.1) is 13.2 Å². The minimum Gasteiger partial charge on any atom is -0.494 e. The third-order valence-corrected chi connectivity index (χ3v) is 3.31. The summed E-state index contributed by atoms with van der Waals surface area (Å²) in [6.45, 7) is 10.7. The molecule has 0 aliphatic rings. The number of benzene rings is 1. The maximum absolute atomic E-state index is 6.34. The van der Waals surface area contributed by atoms with E-state index in [1.807, 2.05) is 19.1 Å². The fraction of sp³-hybridized carbons (Fsp3) is 0.647. The first-order valence-electron chi connectivity index (χ1n) is 7.76. The van der Waals surface area contributed by atoms with Crippen LogP contribution in [0.1, 0.15) is 32.4 Å². The molecule has 1 aromatic carbocycles. The minimum absolute atomic E-state index is 0.0104. The molecule has 0 fully saturated rings. The van der Waals surface area contributed by atoms with Gasteiger partial charge in [0.15, 0.2) is 0 Å². The van der Waals surface area contributed by atoms with E-state index in [1.165, 1.54) is 0 Å². The predicted molar refractivity (Wildman–Crippen MR) is 87.7 cm³/mol. The molecule has 1 aromatic rings. The van der Waals surface area contributed by atoms with Crippen LogP contribution in [-0.4, -0.2) is 44.9 Å². The summed E-state index contributed by atoms with van der Waals surface area (Å²) in [4.78, 5) is 2.37. The first-order chi connectivity index (χ1) is 10.1. The summed E-state index contributed by atoms with van der Waals surface area (Å²) in [5, 5.41) is 0. The van der Waals surface area contributed by atoms with Gasteiger partial charge in [0.25, 0.3) is 0 Å². The van der Waals surface area contributed by atoms with Gasteiger partial charge in [-0.15, -0.1) is 0 Å². The van der Waals surface area contributed by atoms with Crippen molar-refractivity contribution in [1.82, 2.24) is 4.90 Å². The minimum atomic E-state index is 0.0104. The molecule has 0 aliphatic carbocycles. The smallest absolute Gasteiger partial charge is 0.119 e. The summed E-state index contributed by atoms with van der Waals surface area (Å²) in [5.74, 6) is 1.52. The van der Waals surface area contributed by atoms with E-state index in [0.29, 0.717) is 12.5 Å². The van der Waals surface area contributed by atoms with E-state index in [0.717, 1.165) is 37.6 Å². The van der Waals surface area contributed by atoms with Crippen LogP contribution < -0.4 is 10.5 Å². The van der Waals surface area contributed by atoms with Crippen molar-refractivity contribution in [3.05, 3.63) is 29.8 Å². The second kappa shape index (κ2) is 9.77. The standard InChI is InChI=1S/C17H30N2O2/c1-5-21-16-8-6-15(7-9-16)17(18)13-19(10-11-20-4)12-14(2)3/h6-9,14,17H,5,10-13,18H2,1-4H3. The molecule has 0 amide bonds. The summed E-state index contributed by atoms with van der Waals surface area (Å²) >= 11 is 0. The Bertz CT molecular complexity index is 379. The van der Waals surface area contributed by atoms with Crippen LogP contribution in [-0.2, 0) is 4.74 Å². The van der Waals surface area contributed by atoms with Crippen LogP contribution in [0.3, 0.4) is 0 Å². The molecule has 0 saturated heterocycles. The van der Waals surface area contributed by atoms with Crippen LogP contribution in [0.25, 0.3) is 0 Å². The second-order valence-corrected chi connectivity index (χ2v) is 5.75. The SMILES string of the molecule is CCOc1ccc(C(N)CN(CCOC)CC(C)C)cc1. The van der Waals surface area contributed by atoms with Crippen molar-refractivity contribution in [1.29, 1.82) is 0 Å². The summed E-state index contributed by atoms with van der Waals surface area (Å²) in [7, 11) is 1.74. The Morgan fingerprint density at radius 3 is 2.33 bits per heavy atom. The van der Waals surface area contributed by atoms with Gasteiger partial charge in [0.1, 0.15) is 5.75 Å². The van der Waals surface area contributed by atoms with Gasteiger partial charge in [-0.2, -0.15) is 0 Å². The molecule has 0 aliphatic heterocycles. The third-order valence-electron chi connectivity index (χ3n) is 3.31. The van der Waals surface area contributed by atoms with Crippen LogP contribution in [0.2, 0.25) is 0 Å². The number of ether oxygens (including phenoxy) is 2. The van der Waals surface area contributed by atoms with E-state index in [1.54, 1.807) is 7.11 Å². The molecule has 0 bridgehead atoms. The summed E-state index contributed by atoms with van der Waals surface area (Å²) in [6, 6.07) is 8.09. The molecule has 0 heterocycles. The lowest BCUT2D eigenvalue weighted by Crippen LogP contribution is -2.37. The van der Waals surface area contributed by atoms with Crippen molar-refractivity contribution in [2.24, 2.45) is 11.7 Å². The monoisotopic (exact) mass is 294 g/mol. The topological polar surface area (TPSA) is 47.7 Å². The zero-order valence-electron chi connectivity index (χ0n) is 13.8. The first-order valence-corrected chi connectivity index (χ1v) is 7.76. The van der Waals surface area contributed by atoms with E-state index in [4.69, 9.17) is 15.2 Å². The van der Waals surface area contributed by atoms with Crippen molar-refractivity contribution in [3.63, 3.8) is 0 Å². The van der Waals surface area contributed by atoms with Crippen LogP contribution in [0.15, 0.2) is 24.3 Å². The largest absolute Gasteiger partial charge is 0.494 e. The van der Waals surface area contributed by atoms with Gasteiger partial charge in [-0.05, 0) is 30.5 Å². The normalized spacial score (nSPS) is 12.9. The molecule has 0 saturated carbocycles. The molecule has 4 heteroatoms. The van der Waals surface area contributed by atoms with Crippen molar-refractivity contribution in [2.45, 2.75) is 26.8 Å². The molecular weight excluding hydrogens is 264 g/mol. The number of hydrogen-bond donors (Lipinski definition) is 1. The average Bonchev–Trinajstić information content (AvgIpc) is 2.45. The lowest BCUT2D eigenvalue weighted by molar-refractivity contribution is 0.136. The molecular formula is C17H30N2O2. The molecule has 120 valence electrons. The Morgan fingerprint density at radius 2 is 1.81 bits per heavy atom. The van der Waals surface area contributed by atoms with Gasteiger partial charge in [0, 0.05) is 32.8 Å². The van der Waals surface area contributed by atoms with Gasteiger partial charge < -0.3 is 15.2 Å². The maximum Gasteiger partial charge on any atom is 0.119 e. The van der Waals surface area contributed by atoms with Gasteiger partial charge in [-0.25, -0.2) is 0 Å². The predicted octanol–water partition coefficient (Wildman–Crippen LogP) is 2.69. The number of nitrogens with two attached hydrogens (primary N) is 1. The van der Waals surface area contributed by atoms with E-state index in [9.17, 15) is 0 Å².